The summed E-state index contributed by atoms with van der Waals surface area (Å²) in [5.74, 6) is -4.69. The highest BCUT2D eigenvalue weighted by molar-refractivity contribution is 6.01. The second-order valence-electron chi connectivity index (χ2n) is 5.99. The zero-order valence-corrected chi connectivity index (χ0v) is 17.9. The van der Waals surface area contributed by atoms with Gasteiger partial charge in [-0.3, -0.25) is 14.9 Å². The summed E-state index contributed by atoms with van der Waals surface area (Å²) < 4.78 is 9.48. The van der Waals surface area contributed by atoms with Crippen LogP contribution in [0.2, 0.25) is 0 Å². The van der Waals surface area contributed by atoms with Gasteiger partial charge in [-0.05, 0) is 13.8 Å². The number of nitrogens with zero attached hydrogens (tertiary/aromatic N) is 5. The number of benzene rings is 1. The minimum atomic E-state index is -1.26. The van der Waals surface area contributed by atoms with Crippen LogP contribution in [0.1, 0.15) is 29.9 Å². The second-order valence-corrected chi connectivity index (χ2v) is 5.99. The Morgan fingerprint density at radius 1 is 1.26 bits per heavy atom. The number of azo groups is 1. The molecule has 178 valence electrons. The molecule has 0 unspecified atom stereocenters. The van der Waals surface area contributed by atoms with Gasteiger partial charge >= 0.3 is 11.9 Å². The summed E-state index contributed by atoms with van der Waals surface area (Å²) in [6, 6.07) is 5.38. The Kier molecular flexibility index (Phi) is 9.07. The number of hydrogen-bond donors (Lipinski definition) is 3. The summed E-state index contributed by atoms with van der Waals surface area (Å²) in [5.41, 5.74) is 1.03. The first-order chi connectivity index (χ1) is 16.3. The number of H-pyrrole nitrogens is 1. The Hall–Kier alpha value is -4.95. The van der Waals surface area contributed by atoms with Crippen LogP contribution in [0, 0.1) is 10.1 Å². The molecule has 0 bridgehead atoms. The number of nitrogens with one attached hydrogen (secondary N) is 2. The van der Waals surface area contributed by atoms with E-state index < -0.39 is 34.2 Å². The lowest BCUT2D eigenvalue weighted by Crippen LogP contribution is -2.22. The second kappa shape index (κ2) is 12.2. The monoisotopic (exact) mass is 473 g/mol. The molecule has 0 spiro atoms. The van der Waals surface area contributed by atoms with Crippen LogP contribution in [0.25, 0.3) is 0 Å². The number of non-ortho nitro benzene ring substituents is 1. The molecule has 0 fully saturated rings. The summed E-state index contributed by atoms with van der Waals surface area (Å²) in [6.45, 7) is 3.04. The molecule has 15 heteroatoms. The van der Waals surface area contributed by atoms with E-state index in [4.69, 9.17) is 4.74 Å². The molecule has 0 aliphatic rings. The van der Waals surface area contributed by atoms with Crippen LogP contribution in [-0.4, -0.2) is 57.3 Å². The van der Waals surface area contributed by atoms with Crippen LogP contribution >= 0.6 is 0 Å². The van der Waals surface area contributed by atoms with E-state index in [0.717, 1.165) is 12.5 Å². The molecule has 1 amide bonds. The number of hydrazone groups is 1. The molecule has 3 N–H and O–H groups in total. The molecule has 0 aliphatic heterocycles. The zero-order valence-electron chi connectivity index (χ0n) is 17.9. The lowest BCUT2D eigenvalue weighted by atomic mass is 10.2. The van der Waals surface area contributed by atoms with E-state index in [0.29, 0.717) is 0 Å². The highest BCUT2D eigenvalue weighted by Gasteiger charge is 2.23. The maximum atomic E-state index is 12.5. The Labute approximate surface area is 191 Å². The fraction of sp³-hybridized carbons (Fsp3) is 0.211. The number of ether oxygens (including phenoxy) is 2. The molecular formula is C19H19N7O8. The summed E-state index contributed by atoms with van der Waals surface area (Å²) in [5, 5.41) is 31.7. The van der Waals surface area contributed by atoms with Crippen molar-refractivity contribution in [3.8, 4) is 0 Å². The fourth-order valence-electron chi connectivity index (χ4n) is 2.25. The molecule has 1 heterocycles. The SMILES string of the molecule is CCOC(=O)C(O)=C(N=Nc1nc[nH]c1C(=O)OCC)C(=O)NN=Cc1cccc([N+](=O)[O-])c1. The minimum Gasteiger partial charge on any atom is -0.500 e. The molecule has 2 aromatic rings. The minimum absolute atomic E-state index is 0.0776. The molecule has 0 saturated heterocycles. The van der Waals surface area contributed by atoms with Crippen molar-refractivity contribution in [3.63, 3.8) is 0 Å². The molecule has 2 rings (SSSR count). The van der Waals surface area contributed by atoms with E-state index >= 15 is 0 Å². The van der Waals surface area contributed by atoms with E-state index in [2.05, 4.69) is 30.0 Å². The molecule has 34 heavy (non-hydrogen) atoms. The van der Waals surface area contributed by atoms with Gasteiger partial charge in [0.2, 0.25) is 17.3 Å². The van der Waals surface area contributed by atoms with Crippen molar-refractivity contribution in [2.75, 3.05) is 13.2 Å². The number of aliphatic hydroxyl groups is 1. The number of carbonyl (C=O) groups excluding carboxylic acids is 3. The van der Waals surface area contributed by atoms with E-state index in [1.807, 2.05) is 5.43 Å². The van der Waals surface area contributed by atoms with Crippen molar-refractivity contribution < 1.29 is 33.9 Å². The van der Waals surface area contributed by atoms with Gasteiger partial charge < -0.3 is 19.6 Å². The molecule has 0 atom stereocenters. The zero-order chi connectivity index (χ0) is 25.1. The van der Waals surface area contributed by atoms with Crippen molar-refractivity contribution in [1.82, 2.24) is 15.4 Å². The first-order valence-corrected chi connectivity index (χ1v) is 9.58. The topological polar surface area (TPSA) is 211 Å². The molecule has 0 aliphatic carbocycles. The van der Waals surface area contributed by atoms with E-state index in [1.54, 1.807) is 6.92 Å². The third-order valence-corrected chi connectivity index (χ3v) is 3.71. The third-order valence-electron chi connectivity index (χ3n) is 3.71. The van der Waals surface area contributed by atoms with Gasteiger partial charge in [-0.2, -0.15) is 5.10 Å². The number of aromatic amines is 1. The number of nitro groups is 1. The van der Waals surface area contributed by atoms with Crippen molar-refractivity contribution in [2.45, 2.75) is 13.8 Å². The van der Waals surface area contributed by atoms with Crippen molar-refractivity contribution in [2.24, 2.45) is 15.3 Å². The first kappa shape index (κ1) is 25.3. The van der Waals surface area contributed by atoms with E-state index in [1.165, 1.54) is 31.2 Å². The lowest BCUT2D eigenvalue weighted by molar-refractivity contribution is -0.384. The predicted molar refractivity (Wildman–Crippen MR) is 114 cm³/mol. The molecule has 1 aromatic carbocycles. The van der Waals surface area contributed by atoms with Gasteiger partial charge in [-0.1, -0.05) is 12.1 Å². The average molecular weight is 473 g/mol. The Morgan fingerprint density at radius 3 is 2.68 bits per heavy atom. The maximum Gasteiger partial charge on any atom is 0.376 e. The lowest BCUT2D eigenvalue weighted by Gasteiger charge is -2.04. The standard InChI is InChI=1S/C19H19N7O8/c1-3-33-18(29)14-16(21-10-20-14)24-23-13(15(27)19(30)34-4-2)17(28)25-22-9-11-6-5-7-12(8-11)26(31)32/h5-10,27H,3-4H2,1-2H3,(H,20,21)(H,25,28). The fourth-order valence-corrected chi connectivity index (χ4v) is 2.25. The maximum absolute atomic E-state index is 12.5. The molecule has 1 aromatic heterocycles. The van der Waals surface area contributed by atoms with E-state index in [-0.39, 0.29) is 36.0 Å². The number of amides is 1. The number of rotatable bonds is 10. The number of nitro benzene ring substituents is 1. The average Bonchev–Trinajstić information content (AvgIpc) is 3.28. The van der Waals surface area contributed by atoms with Gasteiger partial charge in [-0.15, -0.1) is 10.2 Å². The van der Waals surface area contributed by atoms with Gasteiger partial charge in [0.25, 0.3) is 11.6 Å². The summed E-state index contributed by atoms with van der Waals surface area (Å²) in [7, 11) is 0. The van der Waals surface area contributed by atoms with Crippen molar-refractivity contribution >= 4 is 35.6 Å². The number of hydrogen-bond acceptors (Lipinski definition) is 12. The Bertz CT molecular complexity index is 1170. The predicted octanol–water partition coefficient (Wildman–Crippen LogP) is 2.06. The largest absolute Gasteiger partial charge is 0.500 e. The van der Waals surface area contributed by atoms with Crippen LogP contribution < -0.4 is 5.43 Å². The quantitative estimate of drug-likeness (QED) is 0.0875. The number of aliphatic hydroxyl groups excluding tert-OH is 1. The summed E-state index contributed by atoms with van der Waals surface area (Å²) in [6.07, 6.45) is 2.21. The Balaban J connectivity index is 2.29. The van der Waals surface area contributed by atoms with Crippen LogP contribution in [0.3, 0.4) is 0 Å². The molecule has 0 saturated carbocycles. The number of esters is 2. The normalized spacial score (nSPS) is 11.8. The van der Waals surface area contributed by atoms with Gasteiger partial charge in [0.15, 0.2) is 5.69 Å². The smallest absolute Gasteiger partial charge is 0.376 e. The van der Waals surface area contributed by atoms with Crippen LogP contribution in [0.15, 0.2) is 57.4 Å². The number of aromatic nitrogens is 2. The molecule has 0 radical (unpaired) electrons. The highest BCUT2D eigenvalue weighted by atomic mass is 16.6. The van der Waals surface area contributed by atoms with Crippen LogP contribution in [0.4, 0.5) is 11.5 Å². The van der Waals surface area contributed by atoms with Gasteiger partial charge in [0.05, 0.1) is 30.7 Å². The van der Waals surface area contributed by atoms with Crippen LogP contribution in [-0.2, 0) is 19.1 Å². The highest BCUT2D eigenvalue weighted by Crippen LogP contribution is 2.18. The van der Waals surface area contributed by atoms with Crippen molar-refractivity contribution in [1.29, 1.82) is 0 Å². The van der Waals surface area contributed by atoms with E-state index in [9.17, 15) is 29.6 Å². The number of carbonyl (C=O) groups is 3. The first-order valence-electron chi connectivity index (χ1n) is 9.58. The van der Waals surface area contributed by atoms with Crippen molar-refractivity contribution in [3.05, 3.63) is 63.4 Å². The van der Waals surface area contributed by atoms with Gasteiger partial charge in [-0.25, -0.2) is 20.0 Å². The third kappa shape index (κ3) is 6.78. The molecule has 15 nitrogen and oxygen atoms in total. The van der Waals surface area contributed by atoms with Crippen LogP contribution in [0.5, 0.6) is 0 Å². The van der Waals surface area contributed by atoms with Gasteiger partial charge in [0.1, 0.15) is 0 Å². The van der Waals surface area contributed by atoms with Gasteiger partial charge in [0, 0.05) is 17.7 Å². The Morgan fingerprint density at radius 2 is 2.00 bits per heavy atom. The summed E-state index contributed by atoms with van der Waals surface area (Å²) in [4.78, 5) is 52.8. The summed E-state index contributed by atoms with van der Waals surface area (Å²) >= 11 is 0. The molecular weight excluding hydrogens is 454 g/mol. The number of imidazole rings is 1.